The average molecular weight is 313 g/mol. The number of para-hydroxylation sites is 2. The molecule has 0 aromatic heterocycles. The number of hydrogen-bond acceptors (Lipinski definition) is 4. The van der Waals surface area contributed by atoms with Gasteiger partial charge in [0.2, 0.25) is 5.91 Å². The van der Waals surface area contributed by atoms with Crippen LogP contribution in [-0.2, 0) is 4.79 Å². The normalized spacial score (nSPS) is 13.1. The predicted octanol–water partition coefficient (Wildman–Crippen LogP) is 3.27. The zero-order valence-corrected chi connectivity index (χ0v) is 13.0. The number of amides is 1. The smallest absolute Gasteiger partial charge is 0.292 e. The van der Waals surface area contributed by atoms with Crippen molar-refractivity contribution in [2.45, 2.75) is 25.9 Å². The molecule has 0 radical (unpaired) electrons. The molecule has 0 aliphatic heterocycles. The highest BCUT2D eigenvalue weighted by Crippen LogP contribution is 2.23. The van der Waals surface area contributed by atoms with Crippen LogP contribution < -0.4 is 10.6 Å². The van der Waals surface area contributed by atoms with E-state index in [-0.39, 0.29) is 23.3 Å². The van der Waals surface area contributed by atoms with Crippen molar-refractivity contribution in [3.05, 3.63) is 70.3 Å². The Labute approximate surface area is 134 Å². The maximum Gasteiger partial charge on any atom is 0.292 e. The lowest BCUT2D eigenvalue weighted by Gasteiger charge is -2.20. The Balaban J connectivity index is 2.02. The molecule has 0 aliphatic rings. The molecule has 0 unspecified atom stereocenters. The SMILES string of the molecule is C[C@@H](N[C@H](C)c1ccccc1)C(=O)Nc1ccccc1[N+](=O)[O-]. The average Bonchev–Trinajstić information content (AvgIpc) is 2.55. The molecule has 0 saturated heterocycles. The van der Waals surface area contributed by atoms with E-state index in [0.717, 1.165) is 5.56 Å². The zero-order chi connectivity index (χ0) is 16.8. The Morgan fingerprint density at radius 1 is 1.04 bits per heavy atom. The molecule has 2 aromatic carbocycles. The number of rotatable bonds is 6. The highest BCUT2D eigenvalue weighted by Gasteiger charge is 2.20. The summed E-state index contributed by atoms with van der Waals surface area (Å²) < 4.78 is 0. The predicted molar refractivity (Wildman–Crippen MR) is 89.2 cm³/mol. The number of nitrogens with one attached hydrogen (secondary N) is 2. The van der Waals surface area contributed by atoms with Crippen molar-refractivity contribution in [1.82, 2.24) is 5.32 Å². The van der Waals surface area contributed by atoms with Gasteiger partial charge in [0.15, 0.2) is 0 Å². The van der Waals surface area contributed by atoms with Crippen LogP contribution in [0, 0.1) is 10.1 Å². The molecule has 0 bridgehead atoms. The molecule has 23 heavy (non-hydrogen) atoms. The van der Waals surface area contributed by atoms with Gasteiger partial charge in [0.25, 0.3) is 5.69 Å². The lowest BCUT2D eigenvalue weighted by molar-refractivity contribution is -0.383. The van der Waals surface area contributed by atoms with E-state index in [1.807, 2.05) is 37.3 Å². The van der Waals surface area contributed by atoms with E-state index in [1.54, 1.807) is 19.1 Å². The fourth-order valence-electron chi connectivity index (χ4n) is 2.27. The van der Waals surface area contributed by atoms with Crippen LogP contribution in [0.1, 0.15) is 25.5 Å². The zero-order valence-electron chi connectivity index (χ0n) is 13.0. The van der Waals surface area contributed by atoms with Gasteiger partial charge in [-0.1, -0.05) is 42.5 Å². The van der Waals surface area contributed by atoms with E-state index in [1.165, 1.54) is 12.1 Å². The third-order valence-corrected chi connectivity index (χ3v) is 3.55. The minimum atomic E-state index is -0.514. The van der Waals surface area contributed by atoms with E-state index >= 15 is 0 Å². The summed E-state index contributed by atoms with van der Waals surface area (Å²) in [6, 6.07) is 15.3. The molecule has 0 aliphatic carbocycles. The van der Waals surface area contributed by atoms with Crippen molar-refractivity contribution in [3.63, 3.8) is 0 Å². The van der Waals surface area contributed by atoms with Crippen LogP contribution in [0.4, 0.5) is 11.4 Å². The third-order valence-electron chi connectivity index (χ3n) is 3.55. The maximum absolute atomic E-state index is 12.3. The van der Waals surface area contributed by atoms with Gasteiger partial charge in [-0.05, 0) is 25.5 Å². The molecule has 0 saturated carbocycles. The Morgan fingerprint density at radius 3 is 2.30 bits per heavy atom. The van der Waals surface area contributed by atoms with Gasteiger partial charge in [0.05, 0.1) is 11.0 Å². The summed E-state index contributed by atoms with van der Waals surface area (Å²) in [6.07, 6.45) is 0. The molecule has 2 rings (SSSR count). The molecule has 6 nitrogen and oxygen atoms in total. The highest BCUT2D eigenvalue weighted by molar-refractivity contribution is 5.96. The summed E-state index contributed by atoms with van der Waals surface area (Å²) in [5.41, 5.74) is 1.14. The molecule has 0 fully saturated rings. The summed E-state index contributed by atoms with van der Waals surface area (Å²) in [7, 11) is 0. The maximum atomic E-state index is 12.3. The van der Waals surface area contributed by atoms with E-state index in [9.17, 15) is 14.9 Å². The van der Waals surface area contributed by atoms with Crippen LogP contribution in [0.15, 0.2) is 54.6 Å². The highest BCUT2D eigenvalue weighted by atomic mass is 16.6. The molecule has 1 amide bonds. The molecule has 2 N–H and O–H groups in total. The van der Waals surface area contributed by atoms with Crippen molar-refractivity contribution in [1.29, 1.82) is 0 Å². The van der Waals surface area contributed by atoms with E-state index < -0.39 is 11.0 Å². The fourth-order valence-corrected chi connectivity index (χ4v) is 2.27. The Bertz CT molecular complexity index is 688. The van der Waals surface area contributed by atoms with Gasteiger partial charge in [-0.2, -0.15) is 0 Å². The van der Waals surface area contributed by atoms with Gasteiger partial charge in [-0.3, -0.25) is 20.2 Å². The Morgan fingerprint density at radius 2 is 1.65 bits per heavy atom. The van der Waals surface area contributed by atoms with Crippen molar-refractivity contribution >= 4 is 17.3 Å². The quantitative estimate of drug-likeness (QED) is 0.633. The second-order valence-electron chi connectivity index (χ2n) is 5.28. The van der Waals surface area contributed by atoms with Gasteiger partial charge in [-0.25, -0.2) is 0 Å². The minimum Gasteiger partial charge on any atom is -0.319 e. The topological polar surface area (TPSA) is 84.3 Å². The van der Waals surface area contributed by atoms with Crippen LogP contribution in [0.2, 0.25) is 0 Å². The lowest BCUT2D eigenvalue weighted by atomic mass is 10.1. The summed E-state index contributed by atoms with van der Waals surface area (Å²) in [6.45, 7) is 3.69. The summed E-state index contributed by atoms with van der Waals surface area (Å²) in [5, 5.41) is 16.8. The largest absolute Gasteiger partial charge is 0.319 e. The number of anilines is 1. The molecule has 2 atom stereocenters. The third kappa shape index (κ3) is 4.37. The van der Waals surface area contributed by atoms with Crippen molar-refractivity contribution in [3.8, 4) is 0 Å². The first kappa shape index (κ1) is 16.6. The van der Waals surface area contributed by atoms with Crippen LogP contribution in [0.25, 0.3) is 0 Å². The van der Waals surface area contributed by atoms with Crippen molar-refractivity contribution < 1.29 is 9.72 Å². The van der Waals surface area contributed by atoms with E-state index in [0.29, 0.717) is 0 Å². The lowest BCUT2D eigenvalue weighted by Crippen LogP contribution is -2.39. The van der Waals surface area contributed by atoms with E-state index in [4.69, 9.17) is 0 Å². The first-order valence-electron chi connectivity index (χ1n) is 7.34. The van der Waals surface area contributed by atoms with Gasteiger partial charge < -0.3 is 5.32 Å². The molecule has 120 valence electrons. The number of benzene rings is 2. The molecule has 2 aromatic rings. The molecule has 6 heteroatoms. The van der Waals surface area contributed by atoms with Gasteiger partial charge >= 0.3 is 0 Å². The van der Waals surface area contributed by atoms with Crippen LogP contribution >= 0.6 is 0 Å². The van der Waals surface area contributed by atoms with Crippen LogP contribution in [0.3, 0.4) is 0 Å². The van der Waals surface area contributed by atoms with Crippen LogP contribution in [-0.4, -0.2) is 16.9 Å². The molecular formula is C17H19N3O3. The Kier molecular flexibility index (Phi) is 5.43. The summed E-state index contributed by atoms with van der Waals surface area (Å²) in [4.78, 5) is 22.7. The second-order valence-corrected chi connectivity index (χ2v) is 5.28. The first-order chi connectivity index (χ1) is 11.0. The monoisotopic (exact) mass is 313 g/mol. The molecule has 0 spiro atoms. The van der Waals surface area contributed by atoms with Gasteiger partial charge in [0.1, 0.15) is 5.69 Å². The molecular weight excluding hydrogens is 294 g/mol. The van der Waals surface area contributed by atoms with E-state index in [2.05, 4.69) is 10.6 Å². The molecule has 0 heterocycles. The summed E-state index contributed by atoms with van der Waals surface area (Å²) in [5.74, 6) is -0.318. The van der Waals surface area contributed by atoms with Gasteiger partial charge in [0, 0.05) is 12.1 Å². The summed E-state index contributed by atoms with van der Waals surface area (Å²) >= 11 is 0. The second kappa shape index (κ2) is 7.51. The Hall–Kier alpha value is -2.73. The minimum absolute atomic E-state index is 0.0114. The number of hydrogen-bond donors (Lipinski definition) is 2. The number of nitrogens with zero attached hydrogens (tertiary/aromatic N) is 1. The van der Waals surface area contributed by atoms with Crippen LogP contribution in [0.5, 0.6) is 0 Å². The van der Waals surface area contributed by atoms with Crippen molar-refractivity contribution in [2.24, 2.45) is 0 Å². The standard InChI is InChI=1S/C17H19N3O3/c1-12(14-8-4-3-5-9-14)18-13(2)17(21)19-15-10-6-7-11-16(15)20(22)23/h3-13,18H,1-2H3,(H,19,21)/t12-,13-/m1/s1. The fraction of sp³-hybridized carbons (Fsp3) is 0.235. The number of carbonyl (C=O) groups is 1. The number of nitro benzene ring substituents is 1. The first-order valence-corrected chi connectivity index (χ1v) is 7.34. The van der Waals surface area contributed by atoms with Gasteiger partial charge in [-0.15, -0.1) is 0 Å². The number of carbonyl (C=O) groups excluding carboxylic acids is 1. The number of nitro groups is 1. The van der Waals surface area contributed by atoms with Crippen molar-refractivity contribution in [2.75, 3.05) is 5.32 Å².